The number of carbonyl (C=O) groups excluding carboxylic acids is 1. The van der Waals surface area contributed by atoms with Gasteiger partial charge < -0.3 is 14.7 Å². The first-order chi connectivity index (χ1) is 7.63. The van der Waals surface area contributed by atoms with Crippen molar-refractivity contribution >= 4 is 6.09 Å². The molecule has 0 saturated carbocycles. The molecule has 2 rings (SSSR count). The molecule has 16 heavy (non-hydrogen) atoms. The van der Waals surface area contributed by atoms with Crippen molar-refractivity contribution in [3.05, 3.63) is 35.6 Å². The standard InChI is InChI=1S/C11H12FNO3/c1-13-9(6-14)10(16-11(13)15)7-3-2-4-8(12)5-7/h2-5,9-10,14H,6H2,1H3. The monoisotopic (exact) mass is 225 g/mol. The van der Waals surface area contributed by atoms with Gasteiger partial charge in [-0.1, -0.05) is 12.1 Å². The number of amides is 1. The van der Waals surface area contributed by atoms with E-state index in [2.05, 4.69) is 0 Å². The van der Waals surface area contributed by atoms with Crippen molar-refractivity contribution in [1.29, 1.82) is 0 Å². The number of aliphatic hydroxyl groups is 1. The van der Waals surface area contributed by atoms with Crippen molar-refractivity contribution in [2.75, 3.05) is 13.7 Å². The summed E-state index contributed by atoms with van der Waals surface area (Å²) in [5.41, 5.74) is 0.553. The molecule has 1 N–H and O–H groups in total. The van der Waals surface area contributed by atoms with E-state index in [0.29, 0.717) is 5.56 Å². The highest BCUT2D eigenvalue weighted by Crippen LogP contribution is 2.31. The third kappa shape index (κ3) is 1.74. The minimum atomic E-state index is -0.613. The lowest BCUT2D eigenvalue weighted by Gasteiger charge is -2.18. The van der Waals surface area contributed by atoms with Crippen LogP contribution in [0.4, 0.5) is 9.18 Å². The topological polar surface area (TPSA) is 49.8 Å². The van der Waals surface area contributed by atoms with Crippen LogP contribution in [0.5, 0.6) is 0 Å². The molecule has 5 heteroatoms. The Labute approximate surface area is 92.2 Å². The van der Waals surface area contributed by atoms with Crippen LogP contribution in [0.3, 0.4) is 0 Å². The Morgan fingerprint density at radius 3 is 2.94 bits per heavy atom. The van der Waals surface area contributed by atoms with Crippen LogP contribution in [0.2, 0.25) is 0 Å². The van der Waals surface area contributed by atoms with Gasteiger partial charge >= 0.3 is 6.09 Å². The number of benzene rings is 1. The maximum absolute atomic E-state index is 13.0. The molecule has 1 aromatic carbocycles. The molecule has 0 bridgehead atoms. The van der Waals surface area contributed by atoms with Crippen molar-refractivity contribution in [3.63, 3.8) is 0 Å². The van der Waals surface area contributed by atoms with Crippen molar-refractivity contribution in [2.24, 2.45) is 0 Å². The van der Waals surface area contributed by atoms with Crippen molar-refractivity contribution in [3.8, 4) is 0 Å². The molecule has 4 nitrogen and oxygen atoms in total. The number of aliphatic hydroxyl groups excluding tert-OH is 1. The van der Waals surface area contributed by atoms with Crippen molar-refractivity contribution in [2.45, 2.75) is 12.1 Å². The number of ether oxygens (including phenoxy) is 1. The lowest BCUT2D eigenvalue weighted by molar-refractivity contribution is 0.118. The van der Waals surface area contributed by atoms with E-state index in [0.717, 1.165) is 0 Å². The predicted molar refractivity (Wildman–Crippen MR) is 54.3 cm³/mol. The van der Waals surface area contributed by atoms with Gasteiger partial charge in [0.25, 0.3) is 0 Å². The van der Waals surface area contributed by atoms with Crippen molar-refractivity contribution < 1.29 is 19.0 Å². The van der Waals surface area contributed by atoms with Gasteiger partial charge in [0, 0.05) is 7.05 Å². The summed E-state index contributed by atoms with van der Waals surface area (Å²) in [7, 11) is 1.54. The normalized spacial score (nSPS) is 24.7. The summed E-state index contributed by atoms with van der Waals surface area (Å²) >= 11 is 0. The van der Waals surface area contributed by atoms with E-state index in [1.807, 2.05) is 0 Å². The quantitative estimate of drug-likeness (QED) is 0.825. The Balaban J connectivity index is 2.30. The van der Waals surface area contributed by atoms with Gasteiger partial charge in [-0.25, -0.2) is 9.18 Å². The van der Waals surface area contributed by atoms with Crippen LogP contribution in [-0.2, 0) is 4.74 Å². The van der Waals surface area contributed by atoms with Crippen molar-refractivity contribution in [1.82, 2.24) is 4.90 Å². The molecular weight excluding hydrogens is 213 g/mol. The molecule has 0 aromatic heterocycles. The second-order valence-corrected chi connectivity index (χ2v) is 3.72. The summed E-state index contributed by atoms with van der Waals surface area (Å²) in [4.78, 5) is 12.6. The number of cyclic esters (lactones) is 1. The van der Waals surface area contributed by atoms with Crippen LogP contribution in [0.25, 0.3) is 0 Å². The molecule has 1 fully saturated rings. The van der Waals surface area contributed by atoms with Gasteiger partial charge in [0.15, 0.2) is 6.10 Å². The first-order valence-corrected chi connectivity index (χ1v) is 4.93. The molecule has 1 aliphatic rings. The van der Waals surface area contributed by atoms with E-state index >= 15 is 0 Å². The highest BCUT2D eigenvalue weighted by molar-refractivity contribution is 5.70. The average molecular weight is 225 g/mol. The Bertz CT molecular complexity index is 410. The van der Waals surface area contributed by atoms with E-state index in [1.165, 1.54) is 17.0 Å². The molecule has 86 valence electrons. The predicted octanol–water partition coefficient (Wildman–Crippen LogP) is 1.31. The minimum Gasteiger partial charge on any atom is -0.439 e. The summed E-state index contributed by atoms with van der Waals surface area (Å²) in [5, 5.41) is 9.19. The third-order valence-corrected chi connectivity index (χ3v) is 2.73. The van der Waals surface area contributed by atoms with E-state index in [1.54, 1.807) is 19.2 Å². The summed E-state index contributed by atoms with van der Waals surface area (Å²) in [6.45, 7) is -0.219. The molecule has 0 spiro atoms. The first-order valence-electron chi connectivity index (χ1n) is 4.93. The maximum Gasteiger partial charge on any atom is 0.410 e. The van der Waals surface area contributed by atoms with E-state index in [4.69, 9.17) is 4.74 Å². The largest absolute Gasteiger partial charge is 0.439 e. The third-order valence-electron chi connectivity index (χ3n) is 2.73. The fraction of sp³-hybridized carbons (Fsp3) is 0.364. The summed E-state index contributed by atoms with van der Waals surface area (Å²) in [6.07, 6.45) is -1.12. The van der Waals surface area contributed by atoms with Crippen LogP contribution < -0.4 is 0 Å². The molecule has 0 aliphatic carbocycles. The number of hydrogen-bond donors (Lipinski definition) is 1. The van der Waals surface area contributed by atoms with E-state index < -0.39 is 18.2 Å². The molecule has 2 unspecified atom stereocenters. The Kier molecular flexibility index (Phi) is 2.78. The number of hydrogen-bond acceptors (Lipinski definition) is 3. The Morgan fingerprint density at radius 2 is 2.31 bits per heavy atom. The van der Waals surface area contributed by atoms with E-state index in [9.17, 15) is 14.3 Å². The number of likely N-dealkylation sites (N-methyl/N-ethyl adjacent to an activating group) is 1. The lowest BCUT2D eigenvalue weighted by Crippen LogP contribution is -2.33. The average Bonchev–Trinajstić information content (AvgIpc) is 2.55. The molecule has 1 saturated heterocycles. The molecule has 1 heterocycles. The molecule has 1 aromatic rings. The molecular formula is C11H12FNO3. The molecule has 0 radical (unpaired) electrons. The van der Waals surface area contributed by atoms with Gasteiger partial charge in [0.2, 0.25) is 0 Å². The van der Waals surface area contributed by atoms with Gasteiger partial charge in [-0.3, -0.25) is 0 Å². The molecule has 2 atom stereocenters. The molecule has 1 aliphatic heterocycles. The minimum absolute atomic E-state index is 0.219. The SMILES string of the molecule is CN1C(=O)OC(c2cccc(F)c2)C1CO. The van der Waals surface area contributed by atoms with Crippen LogP contribution in [0.1, 0.15) is 11.7 Å². The summed E-state index contributed by atoms with van der Waals surface area (Å²) < 4.78 is 18.1. The fourth-order valence-corrected chi connectivity index (χ4v) is 1.80. The fourth-order valence-electron chi connectivity index (χ4n) is 1.80. The summed E-state index contributed by atoms with van der Waals surface area (Å²) in [6, 6.07) is 5.38. The number of nitrogens with zero attached hydrogens (tertiary/aromatic N) is 1. The smallest absolute Gasteiger partial charge is 0.410 e. The van der Waals surface area contributed by atoms with Crippen LogP contribution in [0.15, 0.2) is 24.3 Å². The Hall–Kier alpha value is -1.62. The Morgan fingerprint density at radius 1 is 1.56 bits per heavy atom. The first kappa shape index (κ1) is 10.9. The van der Waals surface area contributed by atoms with Crippen LogP contribution in [0, 0.1) is 5.82 Å². The maximum atomic E-state index is 13.0. The zero-order valence-corrected chi connectivity index (χ0v) is 8.76. The van der Waals surface area contributed by atoms with Gasteiger partial charge in [-0.2, -0.15) is 0 Å². The number of halogens is 1. The van der Waals surface area contributed by atoms with Gasteiger partial charge in [-0.15, -0.1) is 0 Å². The number of carbonyl (C=O) groups is 1. The zero-order valence-electron chi connectivity index (χ0n) is 8.76. The highest BCUT2D eigenvalue weighted by atomic mass is 19.1. The molecule has 1 amide bonds. The highest BCUT2D eigenvalue weighted by Gasteiger charge is 2.39. The van der Waals surface area contributed by atoms with Gasteiger partial charge in [-0.05, 0) is 17.7 Å². The van der Waals surface area contributed by atoms with Crippen LogP contribution in [-0.4, -0.2) is 35.8 Å². The van der Waals surface area contributed by atoms with Crippen LogP contribution >= 0.6 is 0 Å². The van der Waals surface area contributed by atoms with Gasteiger partial charge in [0.1, 0.15) is 5.82 Å². The second kappa shape index (κ2) is 4.09. The zero-order chi connectivity index (χ0) is 11.7. The number of rotatable bonds is 2. The summed E-state index contributed by atoms with van der Waals surface area (Å²) in [5.74, 6) is -0.389. The van der Waals surface area contributed by atoms with E-state index in [-0.39, 0.29) is 12.4 Å². The lowest BCUT2D eigenvalue weighted by atomic mass is 10.0. The second-order valence-electron chi connectivity index (χ2n) is 3.72. The van der Waals surface area contributed by atoms with Gasteiger partial charge in [0.05, 0.1) is 12.6 Å².